The van der Waals surface area contributed by atoms with Crippen molar-refractivity contribution in [3.8, 4) is 0 Å². The van der Waals surface area contributed by atoms with Crippen molar-refractivity contribution in [1.82, 2.24) is 15.2 Å². The van der Waals surface area contributed by atoms with Gasteiger partial charge in [-0.2, -0.15) is 0 Å². The van der Waals surface area contributed by atoms with E-state index in [2.05, 4.69) is 33.9 Å². The molecule has 0 aliphatic carbocycles. The van der Waals surface area contributed by atoms with Gasteiger partial charge in [0.1, 0.15) is 0 Å². The Morgan fingerprint density at radius 1 is 1.47 bits per heavy atom. The van der Waals surface area contributed by atoms with Gasteiger partial charge in [0.25, 0.3) is 0 Å². The van der Waals surface area contributed by atoms with E-state index in [1.807, 2.05) is 19.1 Å². The molecule has 1 N–H and O–H groups in total. The first-order valence-electron chi connectivity index (χ1n) is 6.30. The van der Waals surface area contributed by atoms with Crippen molar-refractivity contribution in [3.05, 3.63) is 42.2 Å². The molecule has 2 heterocycles. The second-order valence-corrected chi connectivity index (χ2v) is 4.53. The normalized spacial score (nSPS) is 18.9. The van der Waals surface area contributed by atoms with Gasteiger partial charge in [-0.05, 0) is 25.5 Å². The summed E-state index contributed by atoms with van der Waals surface area (Å²) in [4.78, 5) is 7.16. The Morgan fingerprint density at radius 2 is 2.24 bits per heavy atom. The molecular formula is C14H21N3. The van der Waals surface area contributed by atoms with Gasteiger partial charge in [0.05, 0.1) is 11.7 Å². The monoisotopic (exact) mass is 231 g/mol. The highest BCUT2D eigenvalue weighted by Gasteiger charge is 2.21. The first-order valence-corrected chi connectivity index (χ1v) is 6.30. The summed E-state index contributed by atoms with van der Waals surface area (Å²) < 4.78 is 0. The number of aromatic nitrogens is 1. The lowest BCUT2D eigenvalue weighted by atomic mass is 10.1. The molecule has 92 valence electrons. The highest BCUT2D eigenvalue weighted by Crippen LogP contribution is 2.23. The van der Waals surface area contributed by atoms with Crippen molar-refractivity contribution < 1.29 is 0 Å². The number of nitrogens with zero attached hydrogens (tertiary/aromatic N) is 2. The third-order valence-electron chi connectivity index (χ3n) is 3.23. The summed E-state index contributed by atoms with van der Waals surface area (Å²) >= 11 is 0. The fourth-order valence-electron chi connectivity index (χ4n) is 2.36. The number of nitrogens with one attached hydrogen (secondary N) is 1. The van der Waals surface area contributed by atoms with Gasteiger partial charge in [0.2, 0.25) is 0 Å². The molecule has 0 unspecified atom stereocenters. The predicted octanol–water partition coefficient (Wildman–Crippen LogP) is 1.91. The number of aryl methyl sites for hydroxylation is 1. The maximum atomic E-state index is 4.66. The zero-order valence-electron chi connectivity index (χ0n) is 10.5. The lowest BCUT2D eigenvalue weighted by Gasteiger charge is -2.34. The average Bonchev–Trinajstić information content (AvgIpc) is 2.37. The van der Waals surface area contributed by atoms with Gasteiger partial charge >= 0.3 is 0 Å². The van der Waals surface area contributed by atoms with Crippen LogP contribution in [0.3, 0.4) is 0 Å². The molecule has 3 heteroatoms. The molecule has 0 aromatic carbocycles. The highest BCUT2D eigenvalue weighted by molar-refractivity contribution is 5.14. The standard InChI is InChI=1S/C14H21N3/c1-3-5-14(17-10-8-15-9-11-17)13-7-4-6-12(2)16-13/h3-4,6-7,14-15H,1,5,8-11H2,2H3/t14-/m1/s1. The van der Waals surface area contributed by atoms with Crippen LogP contribution in [0.4, 0.5) is 0 Å². The second-order valence-electron chi connectivity index (χ2n) is 4.53. The summed E-state index contributed by atoms with van der Waals surface area (Å²) in [5.74, 6) is 0. The molecule has 1 saturated heterocycles. The van der Waals surface area contributed by atoms with Crippen LogP contribution in [-0.2, 0) is 0 Å². The van der Waals surface area contributed by atoms with Crippen LogP contribution in [-0.4, -0.2) is 36.1 Å². The fourth-order valence-corrected chi connectivity index (χ4v) is 2.36. The molecule has 0 bridgehead atoms. The quantitative estimate of drug-likeness (QED) is 0.802. The minimum Gasteiger partial charge on any atom is -0.314 e. The van der Waals surface area contributed by atoms with E-state index >= 15 is 0 Å². The molecule has 17 heavy (non-hydrogen) atoms. The molecule has 1 fully saturated rings. The van der Waals surface area contributed by atoms with Gasteiger partial charge in [0.15, 0.2) is 0 Å². The smallest absolute Gasteiger partial charge is 0.0581 e. The van der Waals surface area contributed by atoms with Crippen LogP contribution >= 0.6 is 0 Å². The molecule has 1 aliphatic rings. The van der Waals surface area contributed by atoms with E-state index in [9.17, 15) is 0 Å². The summed E-state index contributed by atoms with van der Waals surface area (Å²) in [5, 5.41) is 3.39. The van der Waals surface area contributed by atoms with Crippen molar-refractivity contribution >= 4 is 0 Å². The molecule has 1 aromatic heterocycles. The van der Waals surface area contributed by atoms with E-state index in [0.29, 0.717) is 6.04 Å². The summed E-state index contributed by atoms with van der Waals surface area (Å²) in [6, 6.07) is 6.65. The average molecular weight is 231 g/mol. The Bertz CT molecular complexity index is 369. The molecule has 0 amide bonds. The molecule has 1 aliphatic heterocycles. The summed E-state index contributed by atoms with van der Waals surface area (Å²) in [6.45, 7) is 10.2. The van der Waals surface area contributed by atoms with Crippen molar-refractivity contribution in [1.29, 1.82) is 0 Å². The van der Waals surface area contributed by atoms with Crippen LogP contribution in [0.25, 0.3) is 0 Å². The highest BCUT2D eigenvalue weighted by atomic mass is 15.2. The van der Waals surface area contributed by atoms with Crippen molar-refractivity contribution in [2.75, 3.05) is 26.2 Å². The molecule has 0 radical (unpaired) electrons. The number of pyridine rings is 1. The van der Waals surface area contributed by atoms with E-state index in [0.717, 1.165) is 38.3 Å². The topological polar surface area (TPSA) is 28.2 Å². The largest absolute Gasteiger partial charge is 0.314 e. The summed E-state index contributed by atoms with van der Waals surface area (Å²) in [6.07, 6.45) is 2.97. The molecule has 1 atom stereocenters. The third kappa shape index (κ3) is 3.14. The Morgan fingerprint density at radius 3 is 2.88 bits per heavy atom. The predicted molar refractivity (Wildman–Crippen MR) is 71.0 cm³/mol. The van der Waals surface area contributed by atoms with E-state index < -0.39 is 0 Å². The molecule has 3 nitrogen and oxygen atoms in total. The van der Waals surface area contributed by atoms with Crippen LogP contribution < -0.4 is 5.32 Å². The Labute approximate surface area is 104 Å². The maximum Gasteiger partial charge on any atom is 0.0581 e. The van der Waals surface area contributed by atoms with Crippen LogP contribution in [0.2, 0.25) is 0 Å². The Hall–Kier alpha value is -1.19. The zero-order valence-corrected chi connectivity index (χ0v) is 10.5. The van der Waals surface area contributed by atoms with Gasteiger partial charge in [-0.3, -0.25) is 9.88 Å². The lowest BCUT2D eigenvalue weighted by Crippen LogP contribution is -2.45. The van der Waals surface area contributed by atoms with Gasteiger partial charge in [0, 0.05) is 31.9 Å². The van der Waals surface area contributed by atoms with Crippen molar-refractivity contribution in [2.24, 2.45) is 0 Å². The van der Waals surface area contributed by atoms with E-state index in [-0.39, 0.29) is 0 Å². The number of rotatable bonds is 4. The van der Waals surface area contributed by atoms with E-state index in [1.165, 1.54) is 5.69 Å². The molecular weight excluding hydrogens is 210 g/mol. The second kappa shape index (κ2) is 5.94. The Balaban J connectivity index is 2.18. The minimum absolute atomic E-state index is 0.384. The lowest BCUT2D eigenvalue weighted by molar-refractivity contribution is 0.171. The molecule has 2 rings (SSSR count). The van der Waals surface area contributed by atoms with Gasteiger partial charge in [-0.1, -0.05) is 12.1 Å². The molecule has 0 spiro atoms. The van der Waals surface area contributed by atoms with Crippen molar-refractivity contribution in [3.63, 3.8) is 0 Å². The van der Waals surface area contributed by atoms with Crippen LogP contribution in [0, 0.1) is 6.92 Å². The van der Waals surface area contributed by atoms with Crippen LogP contribution in [0.5, 0.6) is 0 Å². The van der Waals surface area contributed by atoms with E-state index in [4.69, 9.17) is 0 Å². The SMILES string of the molecule is C=CC[C@H](c1cccc(C)n1)N1CCNCC1. The number of hydrogen-bond acceptors (Lipinski definition) is 3. The number of hydrogen-bond donors (Lipinski definition) is 1. The van der Waals surface area contributed by atoms with Crippen LogP contribution in [0.15, 0.2) is 30.9 Å². The first kappa shape index (κ1) is 12.3. The minimum atomic E-state index is 0.384. The third-order valence-corrected chi connectivity index (χ3v) is 3.23. The van der Waals surface area contributed by atoms with Crippen LogP contribution in [0.1, 0.15) is 23.9 Å². The Kier molecular flexibility index (Phi) is 4.29. The van der Waals surface area contributed by atoms with Gasteiger partial charge in [-0.25, -0.2) is 0 Å². The molecule has 1 aromatic rings. The zero-order chi connectivity index (χ0) is 12.1. The first-order chi connectivity index (χ1) is 8.31. The van der Waals surface area contributed by atoms with Gasteiger partial charge < -0.3 is 5.32 Å². The fraction of sp³-hybridized carbons (Fsp3) is 0.500. The maximum absolute atomic E-state index is 4.66. The van der Waals surface area contributed by atoms with E-state index in [1.54, 1.807) is 0 Å². The molecule has 0 saturated carbocycles. The summed E-state index contributed by atoms with van der Waals surface area (Å²) in [7, 11) is 0. The number of piperazine rings is 1. The van der Waals surface area contributed by atoms with Gasteiger partial charge in [-0.15, -0.1) is 6.58 Å². The van der Waals surface area contributed by atoms with Crippen molar-refractivity contribution in [2.45, 2.75) is 19.4 Å². The summed E-state index contributed by atoms with van der Waals surface area (Å²) in [5.41, 5.74) is 2.26.